The Labute approximate surface area is 86.6 Å². The first-order chi connectivity index (χ1) is 7.20. The minimum Gasteiger partial charge on any atom is -0.234 e. The molecule has 0 radical (unpaired) electrons. The van der Waals surface area contributed by atoms with Gasteiger partial charge in [-0.3, -0.25) is 0 Å². The minimum atomic E-state index is -0.375. The van der Waals surface area contributed by atoms with Crippen LogP contribution in [0.3, 0.4) is 0 Å². The third-order valence-electron chi connectivity index (χ3n) is 1.98. The molecule has 0 aromatic carbocycles. The van der Waals surface area contributed by atoms with Crippen LogP contribution < -0.4 is 0 Å². The number of aryl methyl sites for hydroxylation is 1. The van der Waals surface area contributed by atoms with Gasteiger partial charge >= 0.3 is 0 Å². The number of rotatable bonds is 1. The first-order valence-electron chi connectivity index (χ1n) is 4.35. The normalized spacial score (nSPS) is 9.93. The molecule has 0 saturated carbocycles. The van der Waals surface area contributed by atoms with Crippen molar-refractivity contribution in [1.29, 1.82) is 0 Å². The van der Waals surface area contributed by atoms with Crippen LogP contribution in [0.15, 0.2) is 24.5 Å². The van der Waals surface area contributed by atoms with Gasteiger partial charge in [0.2, 0.25) is 0 Å². The van der Waals surface area contributed by atoms with Gasteiger partial charge in [-0.15, -0.1) is 6.42 Å². The van der Waals surface area contributed by atoms with Crippen molar-refractivity contribution < 1.29 is 4.39 Å². The molecule has 0 fully saturated rings. The SMILES string of the molecule is C#Cc1nn(-c2ccc(F)cn2)cc1C. The predicted molar refractivity (Wildman–Crippen MR) is 54.0 cm³/mol. The Bertz CT molecular complexity index is 520. The summed E-state index contributed by atoms with van der Waals surface area (Å²) in [4.78, 5) is 3.89. The van der Waals surface area contributed by atoms with Crippen LogP contribution in [0, 0.1) is 25.1 Å². The molecular weight excluding hydrogens is 193 g/mol. The molecule has 0 aliphatic carbocycles. The molecule has 4 heteroatoms. The van der Waals surface area contributed by atoms with E-state index in [1.807, 2.05) is 6.92 Å². The monoisotopic (exact) mass is 201 g/mol. The van der Waals surface area contributed by atoms with E-state index in [1.165, 1.54) is 10.7 Å². The van der Waals surface area contributed by atoms with E-state index in [0.29, 0.717) is 11.5 Å². The zero-order chi connectivity index (χ0) is 10.8. The van der Waals surface area contributed by atoms with E-state index >= 15 is 0 Å². The summed E-state index contributed by atoms with van der Waals surface area (Å²) in [6.07, 6.45) is 8.16. The summed E-state index contributed by atoms with van der Waals surface area (Å²) in [6, 6.07) is 2.87. The van der Waals surface area contributed by atoms with Crippen LogP contribution in [0.5, 0.6) is 0 Å². The molecule has 0 unspecified atom stereocenters. The molecule has 0 N–H and O–H groups in total. The number of aromatic nitrogens is 3. The van der Waals surface area contributed by atoms with E-state index in [2.05, 4.69) is 16.0 Å². The number of nitrogens with zero attached hydrogens (tertiary/aromatic N) is 3. The zero-order valence-electron chi connectivity index (χ0n) is 8.11. The summed E-state index contributed by atoms with van der Waals surface area (Å²) in [7, 11) is 0. The van der Waals surface area contributed by atoms with Gasteiger partial charge in [0, 0.05) is 11.8 Å². The Balaban J connectivity index is 2.46. The van der Waals surface area contributed by atoms with Crippen molar-refractivity contribution in [3.8, 4) is 18.2 Å². The lowest BCUT2D eigenvalue weighted by atomic mass is 10.3. The van der Waals surface area contributed by atoms with Crippen LogP contribution in [-0.4, -0.2) is 14.8 Å². The molecule has 15 heavy (non-hydrogen) atoms. The topological polar surface area (TPSA) is 30.7 Å². The van der Waals surface area contributed by atoms with Gasteiger partial charge < -0.3 is 0 Å². The Hall–Kier alpha value is -2.15. The number of halogens is 1. The third kappa shape index (κ3) is 1.72. The molecule has 0 bridgehead atoms. The van der Waals surface area contributed by atoms with Crippen molar-refractivity contribution in [1.82, 2.24) is 14.8 Å². The van der Waals surface area contributed by atoms with Crippen LogP contribution >= 0.6 is 0 Å². The van der Waals surface area contributed by atoms with Crippen molar-refractivity contribution in [2.75, 3.05) is 0 Å². The second kappa shape index (κ2) is 3.54. The fraction of sp³-hybridized carbons (Fsp3) is 0.0909. The lowest BCUT2D eigenvalue weighted by Crippen LogP contribution is -1.98. The number of hydrogen-bond donors (Lipinski definition) is 0. The fourth-order valence-corrected chi connectivity index (χ4v) is 1.22. The van der Waals surface area contributed by atoms with Gasteiger partial charge in [0.25, 0.3) is 0 Å². The second-order valence-corrected chi connectivity index (χ2v) is 3.08. The molecule has 0 spiro atoms. The maximum absolute atomic E-state index is 12.6. The quantitative estimate of drug-likeness (QED) is 0.657. The van der Waals surface area contributed by atoms with Crippen molar-refractivity contribution in [3.05, 3.63) is 41.6 Å². The Morgan fingerprint density at radius 1 is 1.47 bits per heavy atom. The maximum Gasteiger partial charge on any atom is 0.153 e. The summed E-state index contributed by atoms with van der Waals surface area (Å²) in [5.74, 6) is 2.63. The highest BCUT2D eigenvalue weighted by molar-refractivity contribution is 5.34. The van der Waals surface area contributed by atoms with Gasteiger partial charge in [-0.05, 0) is 25.0 Å². The number of hydrogen-bond acceptors (Lipinski definition) is 2. The average molecular weight is 201 g/mol. The van der Waals surface area contributed by atoms with Crippen molar-refractivity contribution in [2.24, 2.45) is 0 Å². The molecule has 74 valence electrons. The van der Waals surface area contributed by atoms with Crippen LogP contribution in [0.25, 0.3) is 5.82 Å². The molecule has 2 aromatic rings. The standard InChI is InChI=1S/C11H8FN3/c1-3-10-8(2)7-15(14-10)11-5-4-9(12)6-13-11/h1,4-7H,2H3. The minimum absolute atomic E-state index is 0.375. The van der Waals surface area contributed by atoms with Gasteiger partial charge in [-0.1, -0.05) is 0 Å². The van der Waals surface area contributed by atoms with Crippen molar-refractivity contribution >= 4 is 0 Å². The first-order valence-corrected chi connectivity index (χ1v) is 4.35. The van der Waals surface area contributed by atoms with E-state index in [-0.39, 0.29) is 5.82 Å². The van der Waals surface area contributed by atoms with E-state index in [4.69, 9.17) is 6.42 Å². The van der Waals surface area contributed by atoms with Gasteiger partial charge in [0.1, 0.15) is 11.5 Å². The maximum atomic E-state index is 12.6. The predicted octanol–water partition coefficient (Wildman–Crippen LogP) is 1.70. The number of terminal acetylenes is 1. The molecule has 2 heterocycles. The summed E-state index contributed by atoms with van der Waals surface area (Å²) in [5.41, 5.74) is 1.46. The summed E-state index contributed by atoms with van der Waals surface area (Å²) in [5, 5.41) is 4.12. The number of pyridine rings is 1. The van der Waals surface area contributed by atoms with Crippen LogP contribution in [0.1, 0.15) is 11.3 Å². The van der Waals surface area contributed by atoms with Crippen LogP contribution in [0.4, 0.5) is 4.39 Å². The Morgan fingerprint density at radius 2 is 2.27 bits per heavy atom. The Morgan fingerprint density at radius 3 is 2.80 bits per heavy atom. The zero-order valence-corrected chi connectivity index (χ0v) is 8.11. The highest BCUT2D eigenvalue weighted by atomic mass is 19.1. The van der Waals surface area contributed by atoms with E-state index in [0.717, 1.165) is 11.8 Å². The van der Waals surface area contributed by atoms with Gasteiger partial charge in [0.05, 0.1) is 6.20 Å². The van der Waals surface area contributed by atoms with E-state index in [1.54, 1.807) is 12.3 Å². The lowest BCUT2D eigenvalue weighted by molar-refractivity contribution is 0.619. The average Bonchev–Trinajstić information content (AvgIpc) is 2.61. The molecule has 0 amide bonds. The molecule has 0 aliphatic heterocycles. The lowest BCUT2D eigenvalue weighted by Gasteiger charge is -1.98. The highest BCUT2D eigenvalue weighted by Gasteiger charge is 2.04. The van der Waals surface area contributed by atoms with Crippen LogP contribution in [0.2, 0.25) is 0 Å². The second-order valence-electron chi connectivity index (χ2n) is 3.08. The van der Waals surface area contributed by atoms with Crippen molar-refractivity contribution in [3.63, 3.8) is 0 Å². The molecule has 2 rings (SSSR count). The highest BCUT2D eigenvalue weighted by Crippen LogP contribution is 2.09. The largest absolute Gasteiger partial charge is 0.234 e. The summed E-state index contributed by atoms with van der Waals surface area (Å²) in [6.45, 7) is 1.86. The van der Waals surface area contributed by atoms with E-state index < -0.39 is 0 Å². The third-order valence-corrected chi connectivity index (χ3v) is 1.98. The molecule has 0 atom stereocenters. The smallest absolute Gasteiger partial charge is 0.153 e. The van der Waals surface area contributed by atoms with Gasteiger partial charge in [-0.2, -0.15) is 5.10 Å². The van der Waals surface area contributed by atoms with Gasteiger partial charge in [0.15, 0.2) is 5.82 Å². The van der Waals surface area contributed by atoms with Gasteiger partial charge in [-0.25, -0.2) is 14.1 Å². The van der Waals surface area contributed by atoms with E-state index in [9.17, 15) is 4.39 Å². The first kappa shape index (κ1) is 9.41. The van der Waals surface area contributed by atoms with Crippen LogP contribution in [-0.2, 0) is 0 Å². The molecule has 0 aliphatic rings. The Kier molecular flexibility index (Phi) is 2.22. The molecular formula is C11H8FN3. The molecule has 0 saturated heterocycles. The van der Waals surface area contributed by atoms with Crippen molar-refractivity contribution in [2.45, 2.75) is 6.92 Å². The molecule has 3 nitrogen and oxygen atoms in total. The summed E-state index contributed by atoms with van der Waals surface area (Å²) < 4.78 is 14.2. The fourth-order valence-electron chi connectivity index (χ4n) is 1.22. The molecule has 2 aromatic heterocycles. The summed E-state index contributed by atoms with van der Waals surface area (Å²) >= 11 is 0.